The second-order valence-corrected chi connectivity index (χ2v) is 3.68. The summed E-state index contributed by atoms with van der Waals surface area (Å²) >= 11 is 7.55. The van der Waals surface area contributed by atoms with Gasteiger partial charge in [-0.3, -0.25) is 0 Å². The van der Waals surface area contributed by atoms with Crippen molar-refractivity contribution in [2.24, 2.45) is 0 Å². The van der Waals surface area contributed by atoms with Gasteiger partial charge in [0.15, 0.2) is 0 Å². The van der Waals surface area contributed by atoms with Crippen LogP contribution in [0.1, 0.15) is 12.5 Å². The first-order valence-electron chi connectivity index (χ1n) is 3.69. The maximum Gasteiger partial charge on any atom is 0.141 e. The van der Waals surface area contributed by atoms with Gasteiger partial charge in [0, 0.05) is 0 Å². The lowest BCUT2D eigenvalue weighted by molar-refractivity contribution is 1.16. The number of hydrogen-bond donors (Lipinski definition) is 0. The van der Waals surface area contributed by atoms with Crippen LogP contribution in [0.2, 0.25) is 5.15 Å². The van der Waals surface area contributed by atoms with E-state index >= 15 is 0 Å². The molecule has 12 heavy (non-hydrogen) atoms. The number of aryl methyl sites for hydroxylation is 1. The summed E-state index contributed by atoms with van der Waals surface area (Å²) in [7, 11) is 0. The largest absolute Gasteiger partial charge is 0.225 e. The SMILES string of the molecule is CCc1csc2ncnc(Cl)c12. The van der Waals surface area contributed by atoms with E-state index in [0.717, 1.165) is 16.6 Å². The van der Waals surface area contributed by atoms with Crippen LogP contribution in [-0.4, -0.2) is 9.97 Å². The van der Waals surface area contributed by atoms with Gasteiger partial charge in [-0.1, -0.05) is 18.5 Å². The Balaban J connectivity index is 2.83. The Morgan fingerprint density at radius 1 is 1.50 bits per heavy atom. The fraction of sp³-hybridized carbons (Fsp3) is 0.250. The quantitative estimate of drug-likeness (QED) is 0.659. The summed E-state index contributed by atoms with van der Waals surface area (Å²) in [5.41, 5.74) is 1.24. The van der Waals surface area contributed by atoms with E-state index in [1.165, 1.54) is 11.9 Å². The van der Waals surface area contributed by atoms with Gasteiger partial charge >= 0.3 is 0 Å². The van der Waals surface area contributed by atoms with E-state index in [9.17, 15) is 0 Å². The Morgan fingerprint density at radius 3 is 3.08 bits per heavy atom. The maximum atomic E-state index is 5.94. The van der Waals surface area contributed by atoms with Crippen LogP contribution in [0.4, 0.5) is 0 Å². The van der Waals surface area contributed by atoms with E-state index < -0.39 is 0 Å². The summed E-state index contributed by atoms with van der Waals surface area (Å²) < 4.78 is 0. The fourth-order valence-electron chi connectivity index (χ4n) is 1.15. The molecule has 0 amide bonds. The lowest BCUT2D eigenvalue weighted by Gasteiger charge is -1.94. The van der Waals surface area contributed by atoms with E-state index in [1.807, 2.05) is 0 Å². The van der Waals surface area contributed by atoms with E-state index in [4.69, 9.17) is 11.6 Å². The van der Waals surface area contributed by atoms with Crippen LogP contribution in [0.25, 0.3) is 10.2 Å². The summed E-state index contributed by atoms with van der Waals surface area (Å²) in [6.45, 7) is 2.10. The molecule has 0 radical (unpaired) electrons. The maximum absolute atomic E-state index is 5.94. The van der Waals surface area contributed by atoms with Crippen molar-refractivity contribution in [3.63, 3.8) is 0 Å². The molecule has 4 heteroatoms. The number of nitrogens with zero attached hydrogens (tertiary/aromatic N) is 2. The number of thiophene rings is 1. The average molecular weight is 199 g/mol. The Kier molecular flexibility index (Phi) is 1.98. The first-order chi connectivity index (χ1) is 5.83. The molecule has 0 atom stereocenters. The molecule has 0 N–H and O–H groups in total. The van der Waals surface area contributed by atoms with E-state index in [-0.39, 0.29) is 0 Å². The second-order valence-electron chi connectivity index (χ2n) is 2.46. The number of hydrogen-bond acceptors (Lipinski definition) is 3. The third-order valence-corrected chi connectivity index (χ3v) is 3.00. The molecular weight excluding hydrogens is 192 g/mol. The van der Waals surface area contributed by atoms with Gasteiger partial charge in [0.1, 0.15) is 16.3 Å². The Bertz CT molecular complexity index is 410. The van der Waals surface area contributed by atoms with Crippen LogP contribution < -0.4 is 0 Å². The first kappa shape index (κ1) is 7.95. The minimum Gasteiger partial charge on any atom is -0.225 e. The first-order valence-corrected chi connectivity index (χ1v) is 4.95. The molecular formula is C8H7ClN2S. The van der Waals surface area contributed by atoms with Crippen molar-refractivity contribution in [2.75, 3.05) is 0 Å². The molecule has 0 spiro atoms. The van der Waals surface area contributed by atoms with Crippen LogP contribution in [0.5, 0.6) is 0 Å². The number of aromatic nitrogens is 2. The van der Waals surface area contributed by atoms with E-state index in [2.05, 4.69) is 22.3 Å². The lowest BCUT2D eigenvalue weighted by Crippen LogP contribution is -1.82. The highest BCUT2D eigenvalue weighted by Gasteiger charge is 2.07. The van der Waals surface area contributed by atoms with E-state index in [1.54, 1.807) is 11.3 Å². The molecule has 0 aromatic carbocycles. The van der Waals surface area contributed by atoms with Crippen LogP contribution in [0, 0.1) is 0 Å². The molecule has 0 saturated heterocycles. The van der Waals surface area contributed by atoms with Crippen molar-refractivity contribution >= 4 is 33.2 Å². The molecule has 2 heterocycles. The molecule has 0 unspecified atom stereocenters. The molecule has 2 aromatic rings. The number of halogens is 1. The highest BCUT2D eigenvalue weighted by Crippen LogP contribution is 2.28. The van der Waals surface area contributed by atoms with Crippen molar-refractivity contribution in [1.29, 1.82) is 0 Å². The normalized spacial score (nSPS) is 10.8. The predicted molar refractivity (Wildman–Crippen MR) is 51.8 cm³/mol. The molecule has 2 aromatic heterocycles. The minimum atomic E-state index is 0.568. The topological polar surface area (TPSA) is 25.8 Å². The predicted octanol–water partition coefficient (Wildman–Crippen LogP) is 2.91. The van der Waals surface area contributed by atoms with Crippen molar-refractivity contribution in [3.8, 4) is 0 Å². The van der Waals surface area contributed by atoms with Crippen molar-refractivity contribution in [3.05, 3.63) is 22.4 Å². The molecule has 0 saturated carbocycles. The molecule has 2 rings (SSSR count). The standard InChI is InChI=1S/C8H7ClN2S/c1-2-5-3-12-8-6(5)7(9)10-4-11-8/h3-4H,2H2,1H3. The van der Waals surface area contributed by atoms with Crippen LogP contribution in [-0.2, 0) is 6.42 Å². The van der Waals surface area contributed by atoms with Gasteiger partial charge in [-0.2, -0.15) is 0 Å². The van der Waals surface area contributed by atoms with Gasteiger partial charge in [0.2, 0.25) is 0 Å². The Hall–Kier alpha value is -0.670. The smallest absolute Gasteiger partial charge is 0.141 e. The molecule has 0 aliphatic carbocycles. The number of fused-ring (bicyclic) bond motifs is 1. The van der Waals surface area contributed by atoms with Gasteiger partial charge in [-0.15, -0.1) is 11.3 Å². The van der Waals surface area contributed by atoms with Gasteiger partial charge in [0.05, 0.1) is 5.39 Å². The molecule has 2 nitrogen and oxygen atoms in total. The summed E-state index contributed by atoms with van der Waals surface area (Å²) in [4.78, 5) is 9.06. The zero-order chi connectivity index (χ0) is 8.55. The third-order valence-electron chi connectivity index (χ3n) is 1.78. The van der Waals surface area contributed by atoms with Crippen molar-refractivity contribution in [2.45, 2.75) is 13.3 Å². The molecule has 0 aliphatic heterocycles. The zero-order valence-electron chi connectivity index (χ0n) is 6.54. The summed E-state index contributed by atoms with van der Waals surface area (Å²) in [6, 6.07) is 0. The van der Waals surface area contributed by atoms with Crippen LogP contribution in [0.15, 0.2) is 11.7 Å². The molecule has 62 valence electrons. The van der Waals surface area contributed by atoms with Gasteiger partial charge in [-0.05, 0) is 17.4 Å². The van der Waals surface area contributed by atoms with E-state index in [0.29, 0.717) is 5.15 Å². The zero-order valence-corrected chi connectivity index (χ0v) is 8.11. The monoisotopic (exact) mass is 198 g/mol. The summed E-state index contributed by atoms with van der Waals surface area (Å²) in [5, 5.41) is 3.68. The Morgan fingerprint density at radius 2 is 2.33 bits per heavy atom. The number of rotatable bonds is 1. The van der Waals surface area contributed by atoms with Gasteiger partial charge < -0.3 is 0 Å². The molecule has 0 bridgehead atoms. The van der Waals surface area contributed by atoms with Crippen LogP contribution in [0.3, 0.4) is 0 Å². The van der Waals surface area contributed by atoms with Crippen molar-refractivity contribution < 1.29 is 0 Å². The Labute approximate surface area is 79.2 Å². The van der Waals surface area contributed by atoms with Gasteiger partial charge in [0.25, 0.3) is 0 Å². The highest BCUT2D eigenvalue weighted by molar-refractivity contribution is 7.17. The fourth-order valence-corrected chi connectivity index (χ4v) is 2.46. The molecule has 0 aliphatic rings. The molecule has 0 fully saturated rings. The highest BCUT2D eigenvalue weighted by atomic mass is 35.5. The summed E-state index contributed by atoms with van der Waals surface area (Å²) in [5.74, 6) is 0. The lowest BCUT2D eigenvalue weighted by atomic mass is 10.2. The third kappa shape index (κ3) is 1.09. The summed E-state index contributed by atoms with van der Waals surface area (Å²) in [6.07, 6.45) is 2.48. The van der Waals surface area contributed by atoms with Gasteiger partial charge in [-0.25, -0.2) is 9.97 Å². The van der Waals surface area contributed by atoms with Crippen molar-refractivity contribution in [1.82, 2.24) is 9.97 Å². The average Bonchev–Trinajstić information content (AvgIpc) is 2.49. The van der Waals surface area contributed by atoms with Crippen LogP contribution >= 0.6 is 22.9 Å². The minimum absolute atomic E-state index is 0.568. The second kappa shape index (κ2) is 2.99.